The molecule has 1 fully saturated rings. The fraction of sp³-hybridized carbons (Fsp3) is 0.550. The second kappa shape index (κ2) is 7.68. The van der Waals surface area contributed by atoms with Gasteiger partial charge in [0.05, 0.1) is 13.7 Å². The van der Waals surface area contributed by atoms with E-state index < -0.39 is 0 Å². The van der Waals surface area contributed by atoms with Crippen LogP contribution < -0.4 is 4.74 Å². The molecule has 7 nitrogen and oxygen atoms in total. The van der Waals surface area contributed by atoms with Crippen molar-refractivity contribution < 1.29 is 14.3 Å². The Bertz CT molecular complexity index is 768. The summed E-state index contributed by atoms with van der Waals surface area (Å²) in [6.45, 7) is 2.89. The third-order valence-corrected chi connectivity index (χ3v) is 5.71. The van der Waals surface area contributed by atoms with Crippen molar-refractivity contribution in [3.05, 3.63) is 42.0 Å². The summed E-state index contributed by atoms with van der Waals surface area (Å²) in [5, 5.41) is 4.07. The van der Waals surface area contributed by atoms with Crippen LogP contribution in [-0.2, 0) is 28.1 Å². The predicted octanol–water partition coefficient (Wildman–Crippen LogP) is 2.16. The Morgan fingerprint density at radius 2 is 2.19 bits per heavy atom. The minimum absolute atomic E-state index is 0.209. The van der Waals surface area contributed by atoms with Crippen molar-refractivity contribution in [2.75, 3.05) is 26.8 Å². The van der Waals surface area contributed by atoms with Crippen LogP contribution in [0.3, 0.4) is 0 Å². The minimum Gasteiger partial charge on any atom is -0.496 e. The number of aryl methyl sites for hydroxylation is 1. The van der Waals surface area contributed by atoms with Gasteiger partial charge in [0.2, 0.25) is 5.91 Å². The van der Waals surface area contributed by atoms with Gasteiger partial charge in [0, 0.05) is 31.6 Å². The molecular weight excluding hydrogens is 344 g/mol. The van der Waals surface area contributed by atoms with Crippen molar-refractivity contribution in [2.24, 2.45) is 0 Å². The minimum atomic E-state index is -0.322. The zero-order valence-corrected chi connectivity index (χ0v) is 15.8. The lowest BCUT2D eigenvalue weighted by atomic mass is 9.78. The molecule has 7 heteroatoms. The largest absolute Gasteiger partial charge is 0.496 e. The van der Waals surface area contributed by atoms with Gasteiger partial charge in [-0.25, -0.2) is 4.98 Å². The molecule has 1 spiro atoms. The van der Waals surface area contributed by atoms with Gasteiger partial charge in [-0.05, 0) is 37.3 Å². The van der Waals surface area contributed by atoms with E-state index in [1.165, 1.54) is 17.5 Å². The van der Waals surface area contributed by atoms with Crippen molar-refractivity contribution in [2.45, 2.75) is 44.2 Å². The van der Waals surface area contributed by atoms with Crippen LogP contribution in [0.2, 0.25) is 0 Å². The van der Waals surface area contributed by atoms with Crippen molar-refractivity contribution in [1.29, 1.82) is 0 Å². The average molecular weight is 370 g/mol. The van der Waals surface area contributed by atoms with Crippen molar-refractivity contribution in [3.8, 4) is 5.75 Å². The maximum absolute atomic E-state index is 12.6. The van der Waals surface area contributed by atoms with Gasteiger partial charge < -0.3 is 14.4 Å². The van der Waals surface area contributed by atoms with Crippen LogP contribution in [0.15, 0.2) is 30.9 Å². The third-order valence-electron chi connectivity index (χ3n) is 5.71. The highest BCUT2D eigenvalue weighted by Gasteiger charge is 2.43. The summed E-state index contributed by atoms with van der Waals surface area (Å²) in [4.78, 5) is 18.5. The summed E-state index contributed by atoms with van der Waals surface area (Å²) < 4.78 is 13.7. The highest BCUT2D eigenvalue weighted by Crippen LogP contribution is 2.45. The van der Waals surface area contributed by atoms with E-state index in [4.69, 9.17) is 9.47 Å². The average Bonchev–Trinajstić information content (AvgIpc) is 3.22. The lowest BCUT2D eigenvalue weighted by Gasteiger charge is -2.45. The molecule has 1 saturated heterocycles. The van der Waals surface area contributed by atoms with Gasteiger partial charge in [-0.3, -0.25) is 9.48 Å². The number of amides is 1. The van der Waals surface area contributed by atoms with Crippen molar-refractivity contribution in [3.63, 3.8) is 0 Å². The van der Waals surface area contributed by atoms with Gasteiger partial charge in [0.15, 0.2) is 0 Å². The zero-order valence-electron chi connectivity index (χ0n) is 15.8. The summed E-state index contributed by atoms with van der Waals surface area (Å²) in [7, 11) is 1.71. The first-order valence-electron chi connectivity index (χ1n) is 9.62. The molecule has 0 atom stereocenters. The number of benzene rings is 1. The first kappa shape index (κ1) is 18.0. The Labute approximate surface area is 159 Å². The molecule has 0 unspecified atom stereocenters. The van der Waals surface area contributed by atoms with E-state index in [1.807, 2.05) is 17.0 Å². The van der Waals surface area contributed by atoms with Gasteiger partial charge in [0.1, 0.15) is 24.0 Å². The van der Waals surface area contributed by atoms with Crippen LogP contribution in [0.4, 0.5) is 0 Å². The maximum atomic E-state index is 12.6. The van der Waals surface area contributed by atoms with Crippen molar-refractivity contribution in [1.82, 2.24) is 19.7 Å². The molecule has 2 aliphatic heterocycles. The SMILES string of the molecule is COc1cccc2c1C1(CCN(C(=O)CCCn3cncn3)CC1)OCC2. The normalized spacial score (nSPS) is 18.3. The van der Waals surface area contributed by atoms with E-state index >= 15 is 0 Å². The first-order chi connectivity index (χ1) is 13.2. The number of hydrogen-bond donors (Lipinski definition) is 0. The molecule has 0 radical (unpaired) electrons. The molecule has 27 heavy (non-hydrogen) atoms. The summed E-state index contributed by atoms with van der Waals surface area (Å²) in [5.41, 5.74) is 2.18. The Morgan fingerprint density at radius 1 is 1.33 bits per heavy atom. The van der Waals surface area contributed by atoms with E-state index in [-0.39, 0.29) is 11.5 Å². The van der Waals surface area contributed by atoms with Crippen LogP contribution in [0.5, 0.6) is 5.75 Å². The smallest absolute Gasteiger partial charge is 0.222 e. The Morgan fingerprint density at radius 3 is 2.93 bits per heavy atom. The molecular formula is C20H26N4O3. The van der Waals surface area contributed by atoms with Gasteiger partial charge in [0.25, 0.3) is 0 Å². The van der Waals surface area contributed by atoms with Crippen molar-refractivity contribution >= 4 is 5.91 Å². The second-order valence-corrected chi connectivity index (χ2v) is 7.23. The molecule has 0 aliphatic carbocycles. The summed E-state index contributed by atoms with van der Waals surface area (Å²) in [5.74, 6) is 1.11. The number of carbonyl (C=O) groups is 1. The van der Waals surface area contributed by atoms with Crippen LogP contribution in [0.1, 0.15) is 36.8 Å². The lowest BCUT2D eigenvalue weighted by molar-refractivity contribution is -0.141. The number of piperidine rings is 1. The quantitative estimate of drug-likeness (QED) is 0.807. The maximum Gasteiger partial charge on any atom is 0.222 e. The lowest BCUT2D eigenvalue weighted by Crippen LogP contribution is -2.48. The van der Waals surface area contributed by atoms with E-state index in [0.29, 0.717) is 6.42 Å². The highest BCUT2D eigenvalue weighted by molar-refractivity contribution is 5.76. The Hall–Kier alpha value is -2.41. The number of rotatable bonds is 5. The zero-order chi connectivity index (χ0) is 18.7. The third kappa shape index (κ3) is 3.56. The Balaban J connectivity index is 1.38. The van der Waals surface area contributed by atoms with E-state index in [2.05, 4.69) is 16.1 Å². The monoisotopic (exact) mass is 370 g/mol. The number of likely N-dealkylation sites (tertiary alicyclic amines) is 1. The topological polar surface area (TPSA) is 69.5 Å². The fourth-order valence-electron chi connectivity index (χ4n) is 4.31. The number of fused-ring (bicyclic) bond motifs is 2. The van der Waals surface area contributed by atoms with Gasteiger partial charge in [-0.1, -0.05) is 12.1 Å². The van der Waals surface area contributed by atoms with E-state index in [9.17, 15) is 4.79 Å². The van der Waals surface area contributed by atoms with Crippen LogP contribution >= 0.6 is 0 Å². The number of nitrogens with zero attached hydrogens (tertiary/aromatic N) is 4. The number of hydrogen-bond acceptors (Lipinski definition) is 5. The molecule has 1 aromatic heterocycles. The van der Waals surface area contributed by atoms with E-state index in [1.54, 1.807) is 18.1 Å². The van der Waals surface area contributed by atoms with Crippen LogP contribution in [0.25, 0.3) is 0 Å². The first-order valence-corrected chi connectivity index (χ1v) is 9.62. The molecule has 4 rings (SSSR count). The van der Waals surface area contributed by atoms with Gasteiger partial charge in [-0.2, -0.15) is 5.10 Å². The molecule has 2 aliphatic rings. The standard InChI is InChI=1S/C20H26N4O3/c1-26-17-5-2-4-16-7-13-27-20(19(16)17)8-11-23(12-9-20)18(25)6-3-10-24-15-21-14-22-24/h2,4-5,14-15H,3,6-13H2,1H3. The Kier molecular flexibility index (Phi) is 5.11. The van der Waals surface area contributed by atoms with Gasteiger partial charge in [-0.15, -0.1) is 0 Å². The summed E-state index contributed by atoms with van der Waals surface area (Å²) >= 11 is 0. The number of methoxy groups -OCH3 is 1. The predicted molar refractivity (Wildman–Crippen MR) is 99.4 cm³/mol. The molecule has 144 valence electrons. The molecule has 1 aromatic carbocycles. The van der Waals surface area contributed by atoms with Gasteiger partial charge >= 0.3 is 0 Å². The highest BCUT2D eigenvalue weighted by atomic mass is 16.5. The molecule has 0 bridgehead atoms. The number of ether oxygens (including phenoxy) is 2. The van der Waals surface area contributed by atoms with E-state index in [0.717, 1.165) is 57.7 Å². The molecule has 0 N–H and O–H groups in total. The number of aromatic nitrogens is 3. The van der Waals surface area contributed by atoms with Crippen LogP contribution in [-0.4, -0.2) is 52.4 Å². The molecule has 2 aromatic rings. The second-order valence-electron chi connectivity index (χ2n) is 7.23. The molecule has 1 amide bonds. The van der Waals surface area contributed by atoms with Crippen LogP contribution in [0, 0.1) is 0 Å². The fourth-order valence-corrected chi connectivity index (χ4v) is 4.31. The summed E-state index contributed by atoms with van der Waals surface area (Å²) in [6, 6.07) is 6.23. The molecule has 0 saturated carbocycles. The number of carbonyl (C=O) groups excluding carboxylic acids is 1. The summed E-state index contributed by atoms with van der Waals surface area (Å²) in [6.07, 6.45) is 7.05. The molecule has 3 heterocycles.